The molecule has 0 aliphatic heterocycles. The number of unbranched alkanes of at least 4 members (excludes halogenated alkanes) is 3. The summed E-state index contributed by atoms with van der Waals surface area (Å²) in [7, 11) is 0. The van der Waals surface area contributed by atoms with Crippen LogP contribution in [-0.4, -0.2) is 15.0 Å². The molecule has 110 valence electrons. The Labute approximate surface area is 118 Å². The average molecular weight is 265 g/mol. The van der Waals surface area contributed by atoms with Crippen LogP contribution in [0.4, 0.5) is 0 Å². The summed E-state index contributed by atoms with van der Waals surface area (Å²) >= 11 is 0. The van der Waals surface area contributed by atoms with Gasteiger partial charge in [0.05, 0.1) is 11.4 Å². The maximum atomic E-state index is 4.41. The van der Waals surface area contributed by atoms with E-state index < -0.39 is 0 Å². The van der Waals surface area contributed by atoms with Gasteiger partial charge in [-0.2, -0.15) is 0 Å². The maximum Gasteiger partial charge on any atom is 0.0884 e. The molecular weight excluding hydrogens is 234 g/mol. The largest absolute Gasteiger partial charge is 0.249 e. The molecule has 3 heteroatoms. The highest BCUT2D eigenvalue weighted by Crippen LogP contribution is 2.26. The minimum Gasteiger partial charge on any atom is -0.249 e. The summed E-state index contributed by atoms with van der Waals surface area (Å²) < 4.78 is 2.15. The molecule has 0 aliphatic carbocycles. The van der Waals surface area contributed by atoms with Crippen molar-refractivity contribution in [2.24, 2.45) is 5.41 Å². The van der Waals surface area contributed by atoms with Crippen LogP contribution in [0.15, 0.2) is 0 Å². The highest BCUT2D eigenvalue weighted by Gasteiger charge is 2.21. The number of rotatable bonds is 7. The lowest BCUT2D eigenvalue weighted by atomic mass is 9.88. The number of hydrogen-bond acceptors (Lipinski definition) is 2. The van der Waals surface area contributed by atoms with Crippen molar-refractivity contribution in [2.45, 2.75) is 86.1 Å². The van der Waals surface area contributed by atoms with Crippen molar-refractivity contribution in [3.05, 3.63) is 11.4 Å². The van der Waals surface area contributed by atoms with Gasteiger partial charge in [-0.05, 0) is 24.2 Å². The van der Waals surface area contributed by atoms with Gasteiger partial charge in [-0.25, -0.2) is 4.68 Å². The summed E-state index contributed by atoms with van der Waals surface area (Å²) in [6.07, 6.45) is 6.17. The van der Waals surface area contributed by atoms with Crippen LogP contribution in [-0.2, 0) is 13.0 Å². The Balaban J connectivity index is 2.79. The first-order chi connectivity index (χ1) is 8.85. The second-order valence-corrected chi connectivity index (χ2v) is 7.10. The van der Waals surface area contributed by atoms with Crippen LogP contribution in [0.3, 0.4) is 0 Å². The third-order valence-electron chi connectivity index (χ3n) is 3.34. The van der Waals surface area contributed by atoms with Crippen LogP contribution in [0.2, 0.25) is 0 Å². The van der Waals surface area contributed by atoms with E-state index in [9.17, 15) is 0 Å². The minimum absolute atomic E-state index is 0.284. The maximum absolute atomic E-state index is 4.41. The predicted molar refractivity (Wildman–Crippen MR) is 81.4 cm³/mol. The van der Waals surface area contributed by atoms with Crippen LogP contribution in [0.25, 0.3) is 0 Å². The van der Waals surface area contributed by atoms with E-state index in [0.717, 1.165) is 13.0 Å². The molecule has 19 heavy (non-hydrogen) atoms. The molecule has 3 nitrogen and oxygen atoms in total. The molecule has 1 aromatic rings. The van der Waals surface area contributed by atoms with Gasteiger partial charge in [0.2, 0.25) is 0 Å². The fourth-order valence-corrected chi connectivity index (χ4v) is 2.35. The Morgan fingerprint density at radius 2 is 1.79 bits per heavy atom. The van der Waals surface area contributed by atoms with Gasteiger partial charge in [0.15, 0.2) is 0 Å². The van der Waals surface area contributed by atoms with Gasteiger partial charge in [-0.15, -0.1) is 5.10 Å². The molecule has 0 aromatic carbocycles. The topological polar surface area (TPSA) is 30.7 Å². The number of aromatic nitrogens is 3. The van der Waals surface area contributed by atoms with E-state index in [-0.39, 0.29) is 5.41 Å². The molecule has 0 aliphatic rings. The van der Waals surface area contributed by atoms with Gasteiger partial charge in [-0.1, -0.05) is 66.0 Å². The molecule has 0 radical (unpaired) electrons. The second-order valence-electron chi connectivity index (χ2n) is 7.10. The molecule has 0 saturated carbocycles. The van der Waals surface area contributed by atoms with Crippen molar-refractivity contribution >= 4 is 0 Å². The minimum atomic E-state index is 0.284. The predicted octanol–water partition coefficient (Wildman–Crippen LogP) is 4.57. The van der Waals surface area contributed by atoms with Crippen molar-refractivity contribution in [2.75, 3.05) is 0 Å². The molecule has 0 bridgehead atoms. The van der Waals surface area contributed by atoms with Crippen molar-refractivity contribution in [1.29, 1.82) is 0 Å². The van der Waals surface area contributed by atoms with E-state index in [4.69, 9.17) is 0 Å². The SMILES string of the molecule is CCCCCCn1nnc(C(C)C)c1CC(C)(C)C. The van der Waals surface area contributed by atoms with Crippen LogP contribution in [0, 0.1) is 5.41 Å². The zero-order valence-corrected chi connectivity index (χ0v) is 13.7. The van der Waals surface area contributed by atoms with Gasteiger partial charge < -0.3 is 0 Å². The van der Waals surface area contributed by atoms with Gasteiger partial charge in [0.25, 0.3) is 0 Å². The quantitative estimate of drug-likeness (QED) is 0.676. The molecule has 0 spiro atoms. The van der Waals surface area contributed by atoms with Crippen LogP contribution in [0.1, 0.15) is 84.5 Å². The average Bonchev–Trinajstić information content (AvgIpc) is 2.65. The van der Waals surface area contributed by atoms with Crippen LogP contribution >= 0.6 is 0 Å². The Morgan fingerprint density at radius 1 is 1.11 bits per heavy atom. The van der Waals surface area contributed by atoms with Crippen LogP contribution < -0.4 is 0 Å². The molecular formula is C16H31N3. The molecule has 1 aromatic heterocycles. The first kappa shape index (κ1) is 16.2. The van der Waals surface area contributed by atoms with Gasteiger partial charge in [-0.3, -0.25) is 0 Å². The molecule has 1 rings (SSSR count). The monoisotopic (exact) mass is 265 g/mol. The third-order valence-corrected chi connectivity index (χ3v) is 3.34. The van der Waals surface area contributed by atoms with E-state index in [1.807, 2.05) is 0 Å². The Bertz CT molecular complexity index is 372. The lowest BCUT2D eigenvalue weighted by Crippen LogP contribution is -2.16. The van der Waals surface area contributed by atoms with Crippen molar-refractivity contribution < 1.29 is 0 Å². The van der Waals surface area contributed by atoms with E-state index in [1.54, 1.807) is 0 Å². The summed E-state index contributed by atoms with van der Waals surface area (Å²) in [4.78, 5) is 0. The fourth-order valence-electron chi connectivity index (χ4n) is 2.35. The Morgan fingerprint density at radius 3 is 2.32 bits per heavy atom. The van der Waals surface area contributed by atoms with Crippen molar-refractivity contribution in [3.63, 3.8) is 0 Å². The summed E-state index contributed by atoms with van der Waals surface area (Å²) in [5, 5.41) is 8.80. The van der Waals surface area contributed by atoms with E-state index in [0.29, 0.717) is 5.92 Å². The highest BCUT2D eigenvalue weighted by atomic mass is 15.4. The summed E-state index contributed by atoms with van der Waals surface area (Å²) in [6, 6.07) is 0. The fraction of sp³-hybridized carbons (Fsp3) is 0.875. The Kier molecular flexibility index (Phi) is 6.02. The molecule has 1 heterocycles. The summed E-state index contributed by atoms with van der Waals surface area (Å²) in [5.41, 5.74) is 2.82. The standard InChI is InChI=1S/C16H31N3/c1-7-8-9-10-11-19-14(12-16(4,5)6)15(13(2)3)17-18-19/h13H,7-12H2,1-6H3. The Hall–Kier alpha value is -0.860. The van der Waals surface area contributed by atoms with E-state index in [1.165, 1.54) is 37.1 Å². The molecule has 0 atom stereocenters. The van der Waals surface area contributed by atoms with Crippen LogP contribution in [0.5, 0.6) is 0 Å². The first-order valence-electron chi connectivity index (χ1n) is 7.77. The number of nitrogens with zero attached hydrogens (tertiary/aromatic N) is 3. The van der Waals surface area contributed by atoms with E-state index >= 15 is 0 Å². The molecule has 0 N–H and O–H groups in total. The summed E-state index contributed by atoms with van der Waals surface area (Å²) in [6.45, 7) is 14.5. The first-order valence-corrected chi connectivity index (χ1v) is 7.77. The highest BCUT2D eigenvalue weighted by molar-refractivity contribution is 5.15. The molecule has 0 fully saturated rings. The normalized spacial score (nSPS) is 12.4. The van der Waals surface area contributed by atoms with Crippen molar-refractivity contribution in [3.8, 4) is 0 Å². The smallest absolute Gasteiger partial charge is 0.0884 e. The van der Waals surface area contributed by atoms with Gasteiger partial charge in [0, 0.05) is 6.54 Å². The lowest BCUT2D eigenvalue weighted by Gasteiger charge is -2.20. The van der Waals surface area contributed by atoms with Crippen molar-refractivity contribution in [1.82, 2.24) is 15.0 Å². The molecule has 0 saturated heterocycles. The number of hydrogen-bond donors (Lipinski definition) is 0. The summed E-state index contributed by atoms with van der Waals surface area (Å²) in [5.74, 6) is 0.460. The molecule has 0 amide bonds. The number of aryl methyl sites for hydroxylation is 1. The van der Waals surface area contributed by atoms with Gasteiger partial charge >= 0.3 is 0 Å². The third kappa shape index (κ3) is 5.33. The zero-order valence-electron chi connectivity index (χ0n) is 13.7. The lowest BCUT2D eigenvalue weighted by molar-refractivity contribution is 0.386. The molecule has 0 unspecified atom stereocenters. The van der Waals surface area contributed by atoms with Gasteiger partial charge in [0.1, 0.15) is 0 Å². The zero-order chi connectivity index (χ0) is 14.5. The van der Waals surface area contributed by atoms with E-state index in [2.05, 4.69) is 56.5 Å². The second kappa shape index (κ2) is 7.06.